The number of anilines is 3. The fourth-order valence-electron chi connectivity index (χ4n) is 9.77. The lowest BCUT2D eigenvalue weighted by Gasteiger charge is -2.29. The van der Waals surface area contributed by atoms with E-state index in [-0.39, 0.29) is 18.3 Å². The lowest BCUT2D eigenvalue weighted by molar-refractivity contribution is 0.660. The first kappa shape index (κ1) is 34.8. The molecule has 0 atom stereocenters. The first-order chi connectivity index (χ1) is 27.3. The van der Waals surface area contributed by atoms with Gasteiger partial charge in [-0.05, 0) is 116 Å². The molecule has 276 valence electrons. The van der Waals surface area contributed by atoms with Crippen LogP contribution in [0.3, 0.4) is 0 Å². The van der Waals surface area contributed by atoms with Gasteiger partial charge in [-0.1, -0.05) is 156 Å². The summed E-state index contributed by atoms with van der Waals surface area (Å²) in [6.45, 7) is 9.41. The maximum atomic E-state index is 6.19. The van der Waals surface area contributed by atoms with E-state index in [1.165, 1.54) is 61.3 Å². The highest BCUT2D eigenvalue weighted by molar-refractivity contribution is 6.06. The maximum absolute atomic E-state index is 6.19. The highest BCUT2D eigenvalue weighted by Gasteiger charge is 2.38. The molecule has 2 nitrogen and oxygen atoms in total. The number of furan rings is 1. The second-order valence-corrected chi connectivity index (χ2v) is 16.5. The second kappa shape index (κ2) is 12.7. The summed E-state index contributed by atoms with van der Waals surface area (Å²) < 4.78 is 6.19. The van der Waals surface area contributed by atoms with Crippen LogP contribution < -0.4 is 4.90 Å². The Morgan fingerprint density at radius 2 is 0.965 bits per heavy atom. The molecule has 2 aliphatic rings. The van der Waals surface area contributed by atoms with E-state index in [1.54, 1.807) is 0 Å². The molecular formula is C55H45NO. The predicted molar refractivity (Wildman–Crippen MR) is 241 cm³/mol. The molecule has 0 N–H and O–H groups in total. The normalized spacial score (nSPS) is 14.1. The Kier molecular flexibility index (Phi) is 7.76. The molecule has 0 fully saturated rings. The number of para-hydroxylation sites is 1. The second-order valence-electron chi connectivity index (χ2n) is 16.5. The number of fused-ring (bicyclic) bond motifs is 9. The number of benzene rings is 8. The maximum Gasteiger partial charge on any atom is 0.135 e. The van der Waals surface area contributed by atoms with Gasteiger partial charge in [0.25, 0.3) is 0 Å². The summed E-state index contributed by atoms with van der Waals surface area (Å²) in [5.74, 6) is 0. The summed E-state index contributed by atoms with van der Waals surface area (Å²) in [6.07, 6.45) is 0. The van der Waals surface area contributed by atoms with Crippen molar-refractivity contribution in [3.05, 3.63) is 198 Å². The summed E-state index contributed by atoms with van der Waals surface area (Å²) in [6, 6.07) is 64.7. The van der Waals surface area contributed by atoms with Gasteiger partial charge in [-0.3, -0.25) is 0 Å². The Bertz CT molecular complexity index is 3030. The van der Waals surface area contributed by atoms with Crippen molar-refractivity contribution in [1.29, 1.82) is 0 Å². The standard InChI is InChI=1S/C54H41NO.CH4/c1-53(2)46-19-9-6-17-43(46)52-47(53)20-12-21-49(52)55(39-14-11-13-35(31-39)36-26-30-51-44(32-36)42-16-7-10-22-50(42)56-51)38-27-23-34(24-28-38)37-25-29-41-40-15-5-8-18-45(40)54(3,4)48(41)33-37;/h5-33H,1-4H3;1H4. The molecule has 9 aromatic rings. The van der Waals surface area contributed by atoms with Gasteiger partial charge in [0, 0.05) is 38.5 Å². The van der Waals surface area contributed by atoms with Gasteiger partial charge in [0.05, 0.1) is 5.69 Å². The van der Waals surface area contributed by atoms with E-state index in [4.69, 9.17) is 4.42 Å². The monoisotopic (exact) mass is 735 g/mol. The predicted octanol–water partition coefficient (Wildman–Crippen LogP) is 15.6. The fourth-order valence-corrected chi connectivity index (χ4v) is 9.77. The Morgan fingerprint density at radius 1 is 0.386 bits per heavy atom. The lowest BCUT2D eigenvalue weighted by Crippen LogP contribution is -2.16. The zero-order valence-electron chi connectivity index (χ0n) is 32.1. The molecular weight excluding hydrogens is 691 g/mol. The van der Waals surface area contributed by atoms with E-state index in [1.807, 2.05) is 12.1 Å². The minimum atomic E-state index is -0.108. The minimum absolute atomic E-state index is 0. The molecule has 2 aliphatic carbocycles. The molecule has 0 aliphatic heterocycles. The molecule has 0 amide bonds. The van der Waals surface area contributed by atoms with E-state index in [9.17, 15) is 0 Å². The fraction of sp³-hybridized carbons (Fsp3) is 0.127. The van der Waals surface area contributed by atoms with Gasteiger partial charge in [0.15, 0.2) is 0 Å². The van der Waals surface area contributed by atoms with Crippen molar-refractivity contribution in [3.63, 3.8) is 0 Å². The largest absolute Gasteiger partial charge is 0.456 e. The van der Waals surface area contributed by atoms with Crippen LogP contribution in [-0.2, 0) is 10.8 Å². The number of nitrogens with zero attached hydrogens (tertiary/aromatic N) is 1. The van der Waals surface area contributed by atoms with Crippen LogP contribution in [0.1, 0.15) is 57.4 Å². The minimum Gasteiger partial charge on any atom is -0.456 e. The van der Waals surface area contributed by atoms with Crippen molar-refractivity contribution < 1.29 is 4.42 Å². The third-order valence-electron chi connectivity index (χ3n) is 12.7. The molecule has 57 heavy (non-hydrogen) atoms. The number of hydrogen-bond donors (Lipinski definition) is 0. The van der Waals surface area contributed by atoms with Crippen molar-refractivity contribution in [3.8, 4) is 44.5 Å². The van der Waals surface area contributed by atoms with Crippen LogP contribution >= 0.6 is 0 Å². The lowest BCUT2D eigenvalue weighted by atomic mass is 9.81. The van der Waals surface area contributed by atoms with Gasteiger partial charge in [-0.15, -0.1) is 0 Å². The zero-order chi connectivity index (χ0) is 37.8. The van der Waals surface area contributed by atoms with Gasteiger partial charge < -0.3 is 9.32 Å². The van der Waals surface area contributed by atoms with Gasteiger partial charge in [-0.2, -0.15) is 0 Å². The van der Waals surface area contributed by atoms with Crippen LogP contribution in [0.5, 0.6) is 0 Å². The van der Waals surface area contributed by atoms with Crippen molar-refractivity contribution in [2.75, 3.05) is 4.90 Å². The van der Waals surface area contributed by atoms with Crippen molar-refractivity contribution in [2.45, 2.75) is 46.0 Å². The molecule has 0 unspecified atom stereocenters. The van der Waals surface area contributed by atoms with Crippen LogP contribution in [-0.4, -0.2) is 0 Å². The SMILES string of the molecule is C.CC1(C)c2ccccc2-c2ccc(-c3ccc(N(c4cccc(-c5ccc6oc7ccccc7c6c5)c4)c4cccc5c4-c4ccccc4C5(C)C)cc3)cc21. The quantitative estimate of drug-likeness (QED) is 0.175. The van der Waals surface area contributed by atoms with Crippen LogP contribution in [0.15, 0.2) is 180 Å². The molecule has 0 saturated heterocycles. The summed E-state index contributed by atoms with van der Waals surface area (Å²) in [5, 5.41) is 2.27. The molecule has 1 heterocycles. The van der Waals surface area contributed by atoms with Crippen molar-refractivity contribution in [1.82, 2.24) is 0 Å². The smallest absolute Gasteiger partial charge is 0.135 e. The van der Waals surface area contributed by atoms with Crippen LogP contribution in [0.4, 0.5) is 17.1 Å². The molecule has 0 bridgehead atoms. The molecule has 11 rings (SSSR count). The Balaban J connectivity index is 0.00000396. The molecule has 1 aromatic heterocycles. The Morgan fingerprint density at radius 3 is 1.79 bits per heavy atom. The topological polar surface area (TPSA) is 16.4 Å². The number of hydrogen-bond acceptors (Lipinski definition) is 2. The average Bonchev–Trinajstić information content (AvgIpc) is 3.81. The van der Waals surface area contributed by atoms with Crippen LogP contribution in [0, 0.1) is 0 Å². The van der Waals surface area contributed by atoms with Crippen LogP contribution in [0.25, 0.3) is 66.4 Å². The van der Waals surface area contributed by atoms with Crippen molar-refractivity contribution >= 4 is 39.0 Å². The summed E-state index contributed by atoms with van der Waals surface area (Å²) in [4.78, 5) is 2.46. The van der Waals surface area contributed by atoms with E-state index in [0.717, 1.165) is 44.4 Å². The van der Waals surface area contributed by atoms with E-state index >= 15 is 0 Å². The van der Waals surface area contributed by atoms with Crippen molar-refractivity contribution in [2.24, 2.45) is 0 Å². The van der Waals surface area contributed by atoms with Gasteiger partial charge in [0.2, 0.25) is 0 Å². The summed E-state index contributed by atoms with van der Waals surface area (Å²) in [5.41, 5.74) is 20.7. The van der Waals surface area contributed by atoms with E-state index < -0.39 is 0 Å². The third-order valence-corrected chi connectivity index (χ3v) is 12.7. The van der Waals surface area contributed by atoms with E-state index in [2.05, 4.69) is 196 Å². The first-order valence-corrected chi connectivity index (χ1v) is 19.7. The van der Waals surface area contributed by atoms with E-state index in [0.29, 0.717) is 0 Å². The zero-order valence-corrected chi connectivity index (χ0v) is 32.1. The highest BCUT2D eigenvalue weighted by Crippen LogP contribution is 2.55. The number of rotatable bonds is 5. The van der Waals surface area contributed by atoms with Gasteiger partial charge in [-0.25, -0.2) is 0 Å². The molecule has 8 aromatic carbocycles. The Labute approximate surface area is 335 Å². The average molecular weight is 736 g/mol. The highest BCUT2D eigenvalue weighted by atomic mass is 16.3. The third kappa shape index (κ3) is 5.17. The van der Waals surface area contributed by atoms with Crippen LogP contribution in [0.2, 0.25) is 0 Å². The summed E-state index contributed by atoms with van der Waals surface area (Å²) in [7, 11) is 0. The van der Waals surface area contributed by atoms with Gasteiger partial charge in [0.1, 0.15) is 11.2 Å². The molecule has 0 radical (unpaired) electrons. The summed E-state index contributed by atoms with van der Waals surface area (Å²) >= 11 is 0. The molecule has 2 heteroatoms. The molecule has 0 saturated carbocycles. The molecule has 0 spiro atoms. The van der Waals surface area contributed by atoms with Gasteiger partial charge >= 0.3 is 0 Å². The first-order valence-electron chi connectivity index (χ1n) is 19.7. The Hall–Kier alpha value is -6.64.